The second-order valence-corrected chi connectivity index (χ2v) is 5.49. The van der Waals surface area contributed by atoms with Crippen LogP contribution in [0.15, 0.2) is 0 Å². The minimum absolute atomic E-state index is 0.214. The van der Waals surface area contributed by atoms with Crippen LogP contribution < -0.4 is 5.32 Å². The van der Waals surface area contributed by atoms with Crippen molar-refractivity contribution >= 4 is 5.91 Å². The predicted molar refractivity (Wildman–Crippen MR) is 67.4 cm³/mol. The van der Waals surface area contributed by atoms with Crippen LogP contribution in [-0.2, 0) is 4.79 Å². The maximum Gasteiger partial charge on any atom is 0.228 e. The molecule has 1 unspecified atom stereocenters. The Morgan fingerprint density at radius 2 is 2.06 bits per heavy atom. The highest BCUT2D eigenvalue weighted by Gasteiger charge is 2.31. The molecular weight excluding hydrogens is 200 g/mol. The first kappa shape index (κ1) is 13.5. The van der Waals surface area contributed by atoms with Crippen LogP contribution in [-0.4, -0.2) is 37.0 Å². The highest BCUT2D eigenvalue weighted by Crippen LogP contribution is 2.25. The van der Waals surface area contributed by atoms with Crippen molar-refractivity contribution in [2.24, 2.45) is 5.41 Å². The van der Waals surface area contributed by atoms with Crippen molar-refractivity contribution < 1.29 is 4.79 Å². The van der Waals surface area contributed by atoms with Gasteiger partial charge in [-0.3, -0.25) is 4.79 Å². The first-order valence-electron chi connectivity index (χ1n) is 6.47. The molecule has 94 valence electrons. The standard InChI is InChI=1S/C13H26N2O/c1-5-13(2,3)12(16)15(4)11-7-6-9-14-10-8-11/h11,14H,5-10H2,1-4H3. The van der Waals surface area contributed by atoms with Crippen molar-refractivity contribution in [3.8, 4) is 0 Å². The molecule has 0 saturated carbocycles. The molecule has 16 heavy (non-hydrogen) atoms. The fraction of sp³-hybridized carbons (Fsp3) is 0.923. The summed E-state index contributed by atoms with van der Waals surface area (Å²) >= 11 is 0. The Bertz CT molecular complexity index is 230. The third kappa shape index (κ3) is 3.21. The van der Waals surface area contributed by atoms with E-state index in [0.29, 0.717) is 11.9 Å². The van der Waals surface area contributed by atoms with Crippen LogP contribution in [0.3, 0.4) is 0 Å². The van der Waals surface area contributed by atoms with E-state index in [0.717, 1.165) is 32.4 Å². The molecule has 1 saturated heterocycles. The van der Waals surface area contributed by atoms with Crippen molar-refractivity contribution in [2.45, 2.75) is 52.5 Å². The molecule has 1 rings (SSSR count). The molecule has 0 spiro atoms. The smallest absolute Gasteiger partial charge is 0.228 e. The summed E-state index contributed by atoms with van der Waals surface area (Å²) in [6.07, 6.45) is 4.30. The van der Waals surface area contributed by atoms with Crippen LogP contribution >= 0.6 is 0 Å². The lowest BCUT2D eigenvalue weighted by atomic mass is 9.88. The van der Waals surface area contributed by atoms with E-state index in [-0.39, 0.29) is 5.41 Å². The summed E-state index contributed by atoms with van der Waals surface area (Å²) in [6, 6.07) is 0.424. The molecule has 3 heteroatoms. The van der Waals surface area contributed by atoms with Gasteiger partial charge in [0.2, 0.25) is 5.91 Å². The van der Waals surface area contributed by atoms with Gasteiger partial charge in [0.25, 0.3) is 0 Å². The highest BCUT2D eigenvalue weighted by molar-refractivity contribution is 5.81. The van der Waals surface area contributed by atoms with Crippen LogP contribution in [0, 0.1) is 5.41 Å². The molecule has 0 bridgehead atoms. The van der Waals surface area contributed by atoms with Crippen molar-refractivity contribution in [1.82, 2.24) is 10.2 Å². The Kier molecular flexibility index (Phi) is 4.78. The first-order valence-corrected chi connectivity index (χ1v) is 6.47. The Labute approximate surface area is 99.6 Å². The van der Waals surface area contributed by atoms with Crippen LogP contribution in [0.1, 0.15) is 46.5 Å². The second-order valence-electron chi connectivity index (χ2n) is 5.49. The van der Waals surface area contributed by atoms with Crippen molar-refractivity contribution in [1.29, 1.82) is 0 Å². The van der Waals surface area contributed by atoms with E-state index in [4.69, 9.17) is 0 Å². The fourth-order valence-electron chi connectivity index (χ4n) is 2.18. The Morgan fingerprint density at radius 3 is 2.69 bits per heavy atom. The summed E-state index contributed by atoms with van der Waals surface area (Å²) in [5, 5.41) is 3.39. The normalized spacial score (nSPS) is 22.6. The Morgan fingerprint density at radius 1 is 1.38 bits per heavy atom. The van der Waals surface area contributed by atoms with Crippen molar-refractivity contribution in [3.05, 3.63) is 0 Å². The van der Waals surface area contributed by atoms with Crippen LogP contribution in [0.5, 0.6) is 0 Å². The largest absolute Gasteiger partial charge is 0.342 e. The van der Waals surface area contributed by atoms with E-state index in [1.54, 1.807) is 0 Å². The van der Waals surface area contributed by atoms with Gasteiger partial charge >= 0.3 is 0 Å². The van der Waals surface area contributed by atoms with Crippen LogP contribution in [0.2, 0.25) is 0 Å². The van der Waals surface area contributed by atoms with Gasteiger partial charge in [0, 0.05) is 18.5 Å². The molecule has 1 atom stereocenters. The van der Waals surface area contributed by atoms with E-state index in [1.807, 2.05) is 25.8 Å². The van der Waals surface area contributed by atoms with Gasteiger partial charge in [-0.1, -0.05) is 20.8 Å². The summed E-state index contributed by atoms with van der Waals surface area (Å²) in [5.41, 5.74) is -0.214. The summed E-state index contributed by atoms with van der Waals surface area (Å²) in [7, 11) is 1.97. The fourth-order valence-corrected chi connectivity index (χ4v) is 2.18. The van der Waals surface area contributed by atoms with Crippen molar-refractivity contribution in [2.75, 3.05) is 20.1 Å². The molecule has 1 heterocycles. The number of hydrogen-bond acceptors (Lipinski definition) is 2. The minimum Gasteiger partial charge on any atom is -0.342 e. The van der Waals surface area contributed by atoms with Gasteiger partial charge in [-0.15, -0.1) is 0 Å². The van der Waals surface area contributed by atoms with E-state index in [1.165, 1.54) is 6.42 Å². The summed E-state index contributed by atoms with van der Waals surface area (Å²) in [6.45, 7) is 8.30. The summed E-state index contributed by atoms with van der Waals surface area (Å²) < 4.78 is 0. The van der Waals surface area contributed by atoms with Gasteiger partial charge < -0.3 is 10.2 Å². The molecular formula is C13H26N2O. The van der Waals surface area contributed by atoms with E-state index in [9.17, 15) is 4.79 Å². The molecule has 1 aliphatic rings. The third-order valence-corrected chi connectivity index (χ3v) is 3.88. The number of nitrogens with one attached hydrogen (secondary N) is 1. The number of carbonyl (C=O) groups excluding carboxylic acids is 1. The van der Waals surface area contributed by atoms with Crippen molar-refractivity contribution in [3.63, 3.8) is 0 Å². The molecule has 0 aliphatic carbocycles. The second kappa shape index (κ2) is 5.67. The van der Waals surface area contributed by atoms with Gasteiger partial charge in [-0.25, -0.2) is 0 Å². The Hall–Kier alpha value is -0.570. The number of hydrogen-bond donors (Lipinski definition) is 1. The topological polar surface area (TPSA) is 32.3 Å². The zero-order chi connectivity index (χ0) is 12.2. The lowest BCUT2D eigenvalue weighted by molar-refractivity contribution is -0.141. The predicted octanol–water partition coefficient (Wildman–Crippen LogP) is 2.02. The number of nitrogens with zero attached hydrogens (tertiary/aromatic N) is 1. The quantitative estimate of drug-likeness (QED) is 0.798. The average molecular weight is 226 g/mol. The van der Waals surface area contributed by atoms with Crippen LogP contribution in [0.25, 0.3) is 0 Å². The van der Waals surface area contributed by atoms with Gasteiger partial charge in [-0.05, 0) is 38.8 Å². The molecule has 1 amide bonds. The lowest BCUT2D eigenvalue weighted by Gasteiger charge is -2.34. The molecule has 0 aromatic heterocycles. The van der Waals surface area contributed by atoms with Gasteiger partial charge in [0.15, 0.2) is 0 Å². The van der Waals surface area contributed by atoms with E-state index >= 15 is 0 Å². The van der Waals surface area contributed by atoms with Crippen LogP contribution in [0.4, 0.5) is 0 Å². The zero-order valence-corrected chi connectivity index (χ0v) is 11.2. The number of rotatable bonds is 3. The molecule has 0 aromatic rings. The van der Waals surface area contributed by atoms with Gasteiger partial charge in [0.1, 0.15) is 0 Å². The Balaban J connectivity index is 2.61. The van der Waals surface area contributed by atoms with Gasteiger partial charge in [-0.2, -0.15) is 0 Å². The average Bonchev–Trinajstić information content (AvgIpc) is 2.55. The number of carbonyl (C=O) groups is 1. The molecule has 0 radical (unpaired) electrons. The lowest BCUT2D eigenvalue weighted by Crippen LogP contribution is -2.44. The molecule has 1 fully saturated rings. The highest BCUT2D eigenvalue weighted by atomic mass is 16.2. The zero-order valence-electron chi connectivity index (χ0n) is 11.2. The third-order valence-electron chi connectivity index (χ3n) is 3.88. The maximum atomic E-state index is 12.3. The monoisotopic (exact) mass is 226 g/mol. The summed E-state index contributed by atoms with van der Waals surface area (Å²) in [4.78, 5) is 14.3. The molecule has 0 aromatic carbocycles. The summed E-state index contributed by atoms with van der Waals surface area (Å²) in [5.74, 6) is 0.293. The minimum atomic E-state index is -0.214. The van der Waals surface area contributed by atoms with Gasteiger partial charge in [0.05, 0.1) is 0 Å². The first-order chi connectivity index (χ1) is 7.49. The number of amides is 1. The van der Waals surface area contributed by atoms with E-state index in [2.05, 4.69) is 12.2 Å². The molecule has 1 aliphatic heterocycles. The molecule has 3 nitrogen and oxygen atoms in total. The van der Waals surface area contributed by atoms with E-state index < -0.39 is 0 Å². The SMILES string of the molecule is CCC(C)(C)C(=O)N(C)C1CCCNCC1. The maximum absolute atomic E-state index is 12.3. The molecule has 1 N–H and O–H groups in total.